The van der Waals surface area contributed by atoms with Gasteiger partial charge in [-0.2, -0.15) is 0 Å². The van der Waals surface area contributed by atoms with Crippen molar-refractivity contribution < 1.29 is 28.6 Å². The average molecular weight is 826 g/mol. The molecule has 0 bridgehead atoms. The molecule has 4 aromatic heterocycles. The molecule has 0 aliphatic rings. The fraction of sp³-hybridized carbons (Fsp3) is 0.0227. The zero-order chi connectivity index (χ0) is 35.5. The Hall–Kier alpha value is -5.94. The Balaban J connectivity index is 0.000000216. The first-order valence-corrected chi connectivity index (χ1v) is 15.8. The molecule has 50 heavy (non-hydrogen) atoms. The average Bonchev–Trinajstić information content (AvgIpc) is 3.80. The molecule has 0 saturated carbocycles. The second kappa shape index (κ2) is 14.7. The maximum absolute atomic E-state index is 7.23. The molecule has 9 aromatic rings. The van der Waals surface area contributed by atoms with Gasteiger partial charge in [0.1, 0.15) is 0 Å². The summed E-state index contributed by atoms with van der Waals surface area (Å²) in [6.45, 7) is -2.09. The molecule has 0 atom stereocenters. The summed E-state index contributed by atoms with van der Waals surface area (Å²) in [6.07, 6.45) is 8.15. The van der Waals surface area contributed by atoms with Crippen molar-refractivity contribution in [1.29, 1.82) is 0 Å². The first kappa shape index (κ1) is 29.0. The molecule has 0 N–H and O–H groups in total. The quantitative estimate of drug-likeness (QED) is 0.162. The van der Waals surface area contributed by atoms with E-state index in [1.165, 1.54) is 17.3 Å². The molecule has 4 heterocycles. The zero-order valence-electron chi connectivity index (χ0n) is 29.6. The number of pyridine rings is 2. The summed E-state index contributed by atoms with van der Waals surface area (Å²) in [6, 6.07) is 51.2. The number of hydrogen-bond donors (Lipinski definition) is 0. The Bertz CT molecular complexity index is 2590. The summed E-state index contributed by atoms with van der Waals surface area (Å²) >= 11 is 0. The van der Waals surface area contributed by atoms with Crippen molar-refractivity contribution in [3.8, 4) is 50.6 Å². The Morgan fingerprint density at radius 2 is 1.44 bits per heavy atom. The summed E-state index contributed by atoms with van der Waals surface area (Å²) in [4.78, 5) is 13.3. The molecule has 5 aromatic carbocycles. The van der Waals surface area contributed by atoms with Crippen molar-refractivity contribution in [1.82, 2.24) is 19.5 Å². The SMILES string of the molecule is [2H]C([2H])([2H])c1ccc(-c2[c-]cccc2)nc1.[Ir].[c-]1oc2ccc(-c3ccncc3)cc2c1-c1nc2ccccc2n1-c1ccc(-c2ccccc2)cc1. The predicted octanol–water partition coefficient (Wildman–Crippen LogP) is 10.8. The van der Waals surface area contributed by atoms with Crippen LogP contribution in [0.15, 0.2) is 169 Å². The van der Waals surface area contributed by atoms with Gasteiger partial charge in [0, 0.05) is 60.3 Å². The molecule has 9 rings (SSSR count). The summed E-state index contributed by atoms with van der Waals surface area (Å²) < 4.78 is 29.8. The van der Waals surface area contributed by atoms with Crippen molar-refractivity contribution in [3.63, 3.8) is 0 Å². The van der Waals surface area contributed by atoms with Crippen LogP contribution in [0.5, 0.6) is 0 Å². The maximum atomic E-state index is 7.23. The number of benzene rings is 5. The van der Waals surface area contributed by atoms with E-state index in [0.717, 1.165) is 61.5 Å². The molecule has 0 aliphatic heterocycles. The number of imidazole rings is 1. The van der Waals surface area contributed by atoms with E-state index >= 15 is 0 Å². The molecule has 6 heteroatoms. The van der Waals surface area contributed by atoms with Crippen LogP contribution < -0.4 is 0 Å². The molecule has 0 unspecified atom stereocenters. The fourth-order valence-electron chi connectivity index (χ4n) is 5.86. The maximum Gasteiger partial charge on any atom is 0.0774 e. The molecular formula is C44H30IrN4O-2. The molecule has 243 valence electrons. The minimum absolute atomic E-state index is 0. The number of aromatic nitrogens is 4. The molecule has 0 amide bonds. The van der Waals surface area contributed by atoms with Crippen LogP contribution in [0.4, 0.5) is 0 Å². The van der Waals surface area contributed by atoms with Crippen molar-refractivity contribution in [3.05, 3.63) is 182 Å². The number of nitrogens with zero attached hydrogens (tertiary/aromatic N) is 4. The van der Waals surface area contributed by atoms with Crippen LogP contribution >= 0.6 is 0 Å². The van der Waals surface area contributed by atoms with E-state index in [1.54, 1.807) is 30.6 Å². The van der Waals surface area contributed by atoms with Crippen molar-refractivity contribution >= 4 is 22.0 Å². The van der Waals surface area contributed by atoms with Gasteiger partial charge in [-0.1, -0.05) is 95.9 Å². The van der Waals surface area contributed by atoms with Gasteiger partial charge in [-0.3, -0.25) is 9.97 Å². The normalized spacial score (nSPS) is 11.9. The third-order valence-electron chi connectivity index (χ3n) is 8.29. The predicted molar refractivity (Wildman–Crippen MR) is 197 cm³/mol. The van der Waals surface area contributed by atoms with Gasteiger partial charge < -0.3 is 14.0 Å². The van der Waals surface area contributed by atoms with Gasteiger partial charge in [0.25, 0.3) is 0 Å². The van der Waals surface area contributed by atoms with E-state index in [4.69, 9.17) is 13.5 Å². The topological polar surface area (TPSA) is 56.7 Å². The van der Waals surface area contributed by atoms with Gasteiger partial charge in [0.15, 0.2) is 0 Å². The van der Waals surface area contributed by atoms with Gasteiger partial charge in [-0.25, -0.2) is 0 Å². The Morgan fingerprint density at radius 1 is 0.700 bits per heavy atom. The largest absolute Gasteiger partial charge is 0.557 e. The molecule has 0 saturated heterocycles. The van der Waals surface area contributed by atoms with Crippen LogP contribution in [-0.2, 0) is 20.1 Å². The van der Waals surface area contributed by atoms with E-state index < -0.39 is 6.85 Å². The van der Waals surface area contributed by atoms with E-state index in [1.807, 2.05) is 60.7 Å². The summed E-state index contributed by atoms with van der Waals surface area (Å²) in [5, 5.41) is 0.974. The van der Waals surface area contributed by atoms with Crippen molar-refractivity contribution in [2.24, 2.45) is 0 Å². The molecule has 0 spiro atoms. The van der Waals surface area contributed by atoms with Gasteiger partial charge in [0.05, 0.1) is 16.9 Å². The van der Waals surface area contributed by atoms with Crippen molar-refractivity contribution in [2.75, 3.05) is 0 Å². The van der Waals surface area contributed by atoms with Crippen molar-refractivity contribution in [2.45, 2.75) is 6.85 Å². The van der Waals surface area contributed by atoms with Crippen LogP contribution in [0.1, 0.15) is 9.68 Å². The third kappa shape index (κ3) is 6.68. The summed E-state index contributed by atoms with van der Waals surface area (Å²) in [5.41, 5.74) is 11.0. The molecule has 5 nitrogen and oxygen atoms in total. The standard InChI is InChI=1S/C32H20N3O.C12H10N.Ir/c1-2-6-22(7-3-1)23-10-13-26(14-11-23)35-30-9-5-4-8-29(30)34-32(35)28-21-36-31-15-12-25(20-27(28)31)24-16-18-33-19-17-24;1-10-7-8-12(13-9-10)11-5-3-2-4-6-11;/h1-20H;2-5,7-9H,1H3;/q2*-1;/i;1D3;. The minimum Gasteiger partial charge on any atom is -0.557 e. The second-order valence-corrected chi connectivity index (χ2v) is 11.4. The number of furan rings is 1. The van der Waals surface area contributed by atoms with Gasteiger partial charge in [-0.05, 0) is 76.8 Å². The van der Waals surface area contributed by atoms with E-state index in [2.05, 4.69) is 93.6 Å². The number of fused-ring (bicyclic) bond motifs is 2. The smallest absolute Gasteiger partial charge is 0.0774 e. The van der Waals surface area contributed by atoms with Gasteiger partial charge >= 0.3 is 0 Å². The molecule has 0 fully saturated rings. The number of hydrogen-bond acceptors (Lipinski definition) is 4. The monoisotopic (exact) mass is 826 g/mol. The van der Waals surface area contributed by atoms with Crippen LogP contribution in [0.2, 0.25) is 0 Å². The van der Waals surface area contributed by atoms with Crippen LogP contribution in [0.3, 0.4) is 0 Å². The Labute approximate surface area is 308 Å². The summed E-state index contributed by atoms with van der Waals surface area (Å²) in [7, 11) is 0. The zero-order valence-corrected chi connectivity index (χ0v) is 29.0. The number of aryl methyl sites for hydroxylation is 1. The molecular weight excluding hydrogens is 793 g/mol. The summed E-state index contributed by atoms with van der Waals surface area (Å²) in [5.74, 6) is 0.800. The van der Waals surface area contributed by atoms with Gasteiger partial charge in [0.2, 0.25) is 0 Å². The first-order chi connectivity index (χ1) is 25.4. The fourth-order valence-corrected chi connectivity index (χ4v) is 5.86. The Kier molecular flexibility index (Phi) is 8.51. The van der Waals surface area contributed by atoms with Crippen LogP contribution in [0, 0.1) is 19.2 Å². The first-order valence-electron chi connectivity index (χ1n) is 17.3. The molecule has 1 radical (unpaired) electrons. The van der Waals surface area contributed by atoms with Gasteiger partial charge in [-0.15, -0.1) is 35.9 Å². The third-order valence-corrected chi connectivity index (χ3v) is 8.29. The van der Waals surface area contributed by atoms with E-state index in [0.29, 0.717) is 0 Å². The van der Waals surface area contributed by atoms with Crippen LogP contribution in [0.25, 0.3) is 72.6 Å². The Morgan fingerprint density at radius 3 is 2.20 bits per heavy atom. The molecule has 0 aliphatic carbocycles. The van der Waals surface area contributed by atoms with E-state index in [9.17, 15) is 0 Å². The minimum atomic E-state index is -2.09. The second-order valence-electron chi connectivity index (χ2n) is 11.4. The van der Waals surface area contributed by atoms with E-state index in [-0.39, 0.29) is 25.7 Å². The van der Waals surface area contributed by atoms with Crippen LogP contribution in [-0.4, -0.2) is 19.5 Å². The number of rotatable bonds is 5. The number of para-hydroxylation sites is 2.